The first-order chi connectivity index (χ1) is 9.66. The summed E-state index contributed by atoms with van der Waals surface area (Å²) in [6.45, 7) is 8.43. The van der Waals surface area contributed by atoms with Crippen molar-refractivity contribution in [1.29, 1.82) is 0 Å². The van der Waals surface area contributed by atoms with E-state index in [-0.39, 0.29) is 30.1 Å². The molecule has 0 aliphatic rings. The Kier molecular flexibility index (Phi) is 9.31. The molecule has 0 aliphatic carbocycles. The van der Waals surface area contributed by atoms with E-state index in [0.29, 0.717) is 0 Å². The highest BCUT2D eigenvalue weighted by atomic mass is 16.4. The van der Waals surface area contributed by atoms with Crippen LogP contribution in [0.4, 0.5) is 0 Å². The summed E-state index contributed by atoms with van der Waals surface area (Å²) in [5, 5.41) is 17.6. The molecule has 0 saturated carbocycles. The fraction of sp³-hybridized carbons (Fsp3) is 0.882. The van der Waals surface area contributed by atoms with Crippen molar-refractivity contribution in [3.05, 3.63) is 0 Å². The van der Waals surface area contributed by atoms with Gasteiger partial charge in [0.2, 0.25) is 0 Å². The molecule has 0 aromatic rings. The van der Waals surface area contributed by atoms with Crippen LogP contribution in [0.2, 0.25) is 0 Å². The van der Waals surface area contributed by atoms with E-state index in [9.17, 15) is 9.59 Å². The molecular formula is C17H32O4. The van der Waals surface area contributed by atoms with Crippen molar-refractivity contribution in [1.82, 2.24) is 0 Å². The SMILES string of the molecule is CCC(CCCCC(C)(C)CC(C)CC(=O)O)CC(=O)O. The lowest BCUT2D eigenvalue weighted by Crippen LogP contribution is -2.17. The average molecular weight is 300 g/mol. The molecule has 21 heavy (non-hydrogen) atoms. The van der Waals surface area contributed by atoms with Crippen LogP contribution in [-0.2, 0) is 9.59 Å². The smallest absolute Gasteiger partial charge is 0.303 e. The summed E-state index contributed by atoms with van der Waals surface area (Å²) in [6, 6.07) is 0. The lowest BCUT2D eigenvalue weighted by Gasteiger charge is -2.28. The predicted octanol–water partition coefficient (Wildman–Crippen LogP) is 4.57. The summed E-state index contributed by atoms with van der Waals surface area (Å²) in [4.78, 5) is 21.4. The average Bonchev–Trinajstić information content (AvgIpc) is 2.30. The van der Waals surface area contributed by atoms with Crippen molar-refractivity contribution in [2.45, 2.75) is 79.1 Å². The van der Waals surface area contributed by atoms with Crippen LogP contribution in [0.5, 0.6) is 0 Å². The van der Waals surface area contributed by atoms with Gasteiger partial charge >= 0.3 is 11.9 Å². The molecule has 0 rings (SSSR count). The van der Waals surface area contributed by atoms with Crippen molar-refractivity contribution >= 4 is 11.9 Å². The van der Waals surface area contributed by atoms with E-state index in [0.717, 1.165) is 38.5 Å². The molecule has 124 valence electrons. The zero-order valence-electron chi connectivity index (χ0n) is 14.0. The zero-order chi connectivity index (χ0) is 16.5. The molecule has 2 unspecified atom stereocenters. The van der Waals surface area contributed by atoms with Crippen LogP contribution in [0.3, 0.4) is 0 Å². The maximum atomic E-state index is 10.7. The highest BCUT2D eigenvalue weighted by Gasteiger charge is 2.22. The van der Waals surface area contributed by atoms with Gasteiger partial charge in [-0.3, -0.25) is 9.59 Å². The second kappa shape index (κ2) is 9.80. The molecule has 4 nitrogen and oxygen atoms in total. The Morgan fingerprint density at radius 1 is 1.05 bits per heavy atom. The van der Waals surface area contributed by atoms with E-state index in [4.69, 9.17) is 10.2 Å². The van der Waals surface area contributed by atoms with Gasteiger partial charge in [-0.1, -0.05) is 47.0 Å². The summed E-state index contributed by atoms with van der Waals surface area (Å²) >= 11 is 0. The predicted molar refractivity (Wildman–Crippen MR) is 84.3 cm³/mol. The van der Waals surface area contributed by atoms with Crippen molar-refractivity contribution in [2.24, 2.45) is 17.3 Å². The third kappa shape index (κ3) is 11.3. The Morgan fingerprint density at radius 3 is 2.10 bits per heavy atom. The molecule has 0 amide bonds. The van der Waals surface area contributed by atoms with E-state index in [1.165, 1.54) is 0 Å². The van der Waals surface area contributed by atoms with E-state index < -0.39 is 11.9 Å². The molecule has 0 aliphatic heterocycles. The van der Waals surface area contributed by atoms with Gasteiger partial charge in [0.05, 0.1) is 0 Å². The van der Waals surface area contributed by atoms with Crippen molar-refractivity contribution in [3.63, 3.8) is 0 Å². The van der Waals surface area contributed by atoms with Crippen LogP contribution in [-0.4, -0.2) is 22.2 Å². The summed E-state index contributed by atoms with van der Waals surface area (Å²) in [6.07, 6.45) is 6.54. The molecule has 0 fully saturated rings. The monoisotopic (exact) mass is 300 g/mol. The van der Waals surface area contributed by atoms with Crippen LogP contribution >= 0.6 is 0 Å². The summed E-state index contributed by atoms with van der Waals surface area (Å²) in [5.41, 5.74) is 0.156. The number of carboxylic acids is 2. The van der Waals surface area contributed by atoms with Gasteiger partial charge in [0.15, 0.2) is 0 Å². The van der Waals surface area contributed by atoms with Crippen LogP contribution in [0.15, 0.2) is 0 Å². The first kappa shape index (κ1) is 19.9. The molecule has 0 spiro atoms. The van der Waals surface area contributed by atoms with Gasteiger partial charge in [0, 0.05) is 12.8 Å². The van der Waals surface area contributed by atoms with Gasteiger partial charge in [-0.25, -0.2) is 0 Å². The Balaban J connectivity index is 3.97. The Labute approximate surface area is 128 Å². The molecule has 0 saturated heterocycles. The Hall–Kier alpha value is -1.06. The molecule has 2 atom stereocenters. The van der Waals surface area contributed by atoms with Crippen LogP contribution in [0, 0.1) is 17.3 Å². The minimum absolute atomic E-state index is 0.156. The standard InChI is InChI=1S/C17H32O4/c1-5-14(11-16(20)21)8-6-7-9-17(3,4)12-13(2)10-15(18)19/h13-14H,5-12H2,1-4H3,(H,18,19)(H,20,21). The number of rotatable bonds is 12. The van der Waals surface area contributed by atoms with Gasteiger partial charge in [-0.15, -0.1) is 0 Å². The largest absolute Gasteiger partial charge is 0.481 e. The van der Waals surface area contributed by atoms with E-state index >= 15 is 0 Å². The third-order valence-corrected chi connectivity index (χ3v) is 4.18. The highest BCUT2D eigenvalue weighted by molar-refractivity contribution is 5.67. The Bertz CT molecular complexity index is 323. The van der Waals surface area contributed by atoms with E-state index in [1.807, 2.05) is 13.8 Å². The van der Waals surface area contributed by atoms with Crippen LogP contribution in [0.1, 0.15) is 79.1 Å². The number of carbonyl (C=O) groups is 2. The van der Waals surface area contributed by atoms with Gasteiger partial charge in [-0.05, 0) is 36.5 Å². The number of aliphatic carboxylic acids is 2. The number of hydrogen-bond acceptors (Lipinski definition) is 2. The van der Waals surface area contributed by atoms with Gasteiger partial charge in [-0.2, -0.15) is 0 Å². The van der Waals surface area contributed by atoms with Gasteiger partial charge in [0.1, 0.15) is 0 Å². The maximum absolute atomic E-state index is 10.7. The van der Waals surface area contributed by atoms with E-state index in [1.54, 1.807) is 0 Å². The Morgan fingerprint density at radius 2 is 1.62 bits per heavy atom. The summed E-state index contributed by atoms with van der Waals surface area (Å²) in [7, 11) is 0. The fourth-order valence-corrected chi connectivity index (χ4v) is 3.15. The van der Waals surface area contributed by atoms with Crippen molar-refractivity contribution < 1.29 is 19.8 Å². The molecule has 0 radical (unpaired) electrons. The lowest BCUT2D eigenvalue weighted by molar-refractivity contribution is -0.139. The molecule has 2 N–H and O–H groups in total. The molecule has 0 aromatic heterocycles. The molecule has 0 bridgehead atoms. The van der Waals surface area contributed by atoms with E-state index in [2.05, 4.69) is 13.8 Å². The topological polar surface area (TPSA) is 74.6 Å². The number of hydrogen-bond donors (Lipinski definition) is 2. The van der Waals surface area contributed by atoms with Crippen LogP contribution in [0.25, 0.3) is 0 Å². The minimum Gasteiger partial charge on any atom is -0.481 e. The van der Waals surface area contributed by atoms with Crippen LogP contribution < -0.4 is 0 Å². The zero-order valence-corrected chi connectivity index (χ0v) is 14.0. The number of carboxylic acid groups (broad SMARTS) is 2. The maximum Gasteiger partial charge on any atom is 0.303 e. The normalized spacial score (nSPS) is 14.7. The quantitative estimate of drug-likeness (QED) is 0.517. The summed E-state index contributed by atoms with van der Waals surface area (Å²) < 4.78 is 0. The van der Waals surface area contributed by atoms with Crippen molar-refractivity contribution in [2.75, 3.05) is 0 Å². The van der Waals surface area contributed by atoms with Crippen molar-refractivity contribution in [3.8, 4) is 0 Å². The molecule has 0 aromatic carbocycles. The van der Waals surface area contributed by atoms with Gasteiger partial charge in [0.25, 0.3) is 0 Å². The molecular weight excluding hydrogens is 268 g/mol. The first-order valence-electron chi connectivity index (χ1n) is 8.10. The second-order valence-electron chi connectivity index (χ2n) is 7.19. The fourth-order valence-electron chi connectivity index (χ4n) is 3.15. The van der Waals surface area contributed by atoms with Gasteiger partial charge < -0.3 is 10.2 Å². The number of unbranched alkanes of at least 4 members (excludes halogenated alkanes) is 1. The minimum atomic E-state index is -0.724. The second-order valence-corrected chi connectivity index (χ2v) is 7.19. The highest BCUT2D eigenvalue weighted by Crippen LogP contribution is 2.33. The first-order valence-corrected chi connectivity index (χ1v) is 8.10. The molecule has 4 heteroatoms. The molecule has 0 heterocycles. The third-order valence-electron chi connectivity index (χ3n) is 4.18. The lowest BCUT2D eigenvalue weighted by atomic mass is 9.78. The summed E-state index contributed by atoms with van der Waals surface area (Å²) in [5.74, 6) is -0.938.